The molecule has 0 aromatic heterocycles. The lowest BCUT2D eigenvalue weighted by molar-refractivity contribution is 0.182. The van der Waals surface area contributed by atoms with Gasteiger partial charge >= 0.3 is 0 Å². The molecule has 1 fully saturated rings. The van der Waals surface area contributed by atoms with Crippen molar-refractivity contribution in [1.29, 1.82) is 0 Å². The Hall–Kier alpha value is -0.0800. The van der Waals surface area contributed by atoms with Gasteiger partial charge in [-0.3, -0.25) is 0 Å². The van der Waals surface area contributed by atoms with Crippen molar-refractivity contribution >= 4 is 0 Å². The minimum Gasteiger partial charge on any atom is -0.393 e. The first-order valence-electron chi connectivity index (χ1n) is 4.61. The second kappa shape index (κ2) is 4.07. The van der Waals surface area contributed by atoms with Crippen molar-refractivity contribution in [1.82, 2.24) is 5.32 Å². The van der Waals surface area contributed by atoms with Gasteiger partial charge in [0.15, 0.2) is 0 Å². The molecular weight excluding hydrogens is 138 g/mol. The van der Waals surface area contributed by atoms with E-state index in [-0.39, 0.29) is 6.10 Å². The molecule has 0 aliphatic heterocycles. The molecule has 1 saturated carbocycles. The third-order valence-electron chi connectivity index (χ3n) is 2.36. The van der Waals surface area contributed by atoms with Crippen LogP contribution in [0, 0.1) is 5.92 Å². The van der Waals surface area contributed by atoms with E-state index in [9.17, 15) is 0 Å². The SMILES string of the molecule is CC(O)CCNC(C)C1CC1. The molecule has 1 aliphatic rings. The molecule has 2 N–H and O–H groups in total. The maximum Gasteiger partial charge on any atom is 0.0524 e. The lowest BCUT2D eigenvalue weighted by Gasteiger charge is -2.12. The zero-order valence-corrected chi connectivity index (χ0v) is 7.51. The fourth-order valence-corrected chi connectivity index (χ4v) is 1.28. The Morgan fingerprint density at radius 2 is 2.09 bits per heavy atom. The van der Waals surface area contributed by atoms with Crippen LogP contribution in [0.4, 0.5) is 0 Å². The van der Waals surface area contributed by atoms with Gasteiger partial charge in [0.05, 0.1) is 6.10 Å². The smallest absolute Gasteiger partial charge is 0.0524 e. The molecule has 2 nitrogen and oxygen atoms in total. The Balaban J connectivity index is 1.93. The van der Waals surface area contributed by atoms with Crippen LogP contribution in [0.3, 0.4) is 0 Å². The third kappa shape index (κ3) is 3.73. The highest BCUT2D eigenvalue weighted by Crippen LogP contribution is 2.32. The van der Waals surface area contributed by atoms with Gasteiger partial charge in [-0.15, -0.1) is 0 Å². The molecule has 0 spiro atoms. The van der Waals surface area contributed by atoms with Crippen LogP contribution in [-0.2, 0) is 0 Å². The molecule has 2 unspecified atom stereocenters. The van der Waals surface area contributed by atoms with Crippen molar-refractivity contribution in [3.05, 3.63) is 0 Å². The van der Waals surface area contributed by atoms with E-state index < -0.39 is 0 Å². The number of rotatable bonds is 5. The van der Waals surface area contributed by atoms with Gasteiger partial charge in [-0.05, 0) is 45.6 Å². The third-order valence-corrected chi connectivity index (χ3v) is 2.36. The van der Waals surface area contributed by atoms with Gasteiger partial charge in [-0.1, -0.05) is 0 Å². The van der Waals surface area contributed by atoms with E-state index in [0.29, 0.717) is 6.04 Å². The number of aliphatic hydroxyl groups excluding tert-OH is 1. The summed E-state index contributed by atoms with van der Waals surface area (Å²) < 4.78 is 0. The highest BCUT2D eigenvalue weighted by atomic mass is 16.3. The van der Waals surface area contributed by atoms with Gasteiger partial charge < -0.3 is 10.4 Å². The highest BCUT2D eigenvalue weighted by Gasteiger charge is 2.27. The quantitative estimate of drug-likeness (QED) is 0.627. The van der Waals surface area contributed by atoms with Gasteiger partial charge in [-0.25, -0.2) is 0 Å². The van der Waals surface area contributed by atoms with Gasteiger partial charge in [0.1, 0.15) is 0 Å². The summed E-state index contributed by atoms with van der Waals surface area (Å²) in [6.45, 7) is 5.03. The summed E-state index contributed by atoms with van der Waals surface area (Å²) in [4.78, 5) is 0. The predicted octanol–water partition coefficient (Wildman–Crippen LogP) is 1.15. The first kappa shape index (κ1) is 9.01. The fourth-order valence-electron chi connectivity index (χ4n) is 1.28. The molecule has 0 amide bonds. The van der Waals surface area contributed by atoms with Crippen LogP contribution in [0.5, 0.6) is 0 Å². The Morgan fingerprint density at radius 1 is 1.45 bits per heavy atom. The molecule has 66 valence electrons. The van der Waals surface area contributed by atoms with Crippen LogP contribution in [0.2, 0.25) is 0 Å². The largest absolute Gasteiger partial charge is 0.393 e. The molecule has 1 aliphatic carbocycles. The summed E-state index contributed by atoms with van der Waals surface area (Å²) in [5.41, 5.74) is 0. The first-order valence-corrected chi connectivity index (χ1v) is 4.61. The predicted molar refractivity (Wildman–Crippen MR) is 46.5 cm³/mol. The number of nitrogens with one attached hydrogen (secondary N) is 1. The van der Waals surface area contributed by atoms with Crippen LogP contribution in [-0.4, -0.2) is 23.8 Å². The van der Waals surface area contributed by atoms with Crippen molar-refractivity contribution in [2.75, 3.05) is 6.54 Å². The standard InChI is InChI=1S/C9H19NO/c1-7(11)5-6-10-8(2)9-3-4-9/h7-11H,3-6H2,1-2H3. The lowest BCUT2D eigenvalue weighted by Crippen LogP contribution is -2.30. The monoisotopic (exact) mass is 157 g/mol. The molecule has 0 bridgehead atoms. The van der Waals surface area contributed by atoms with Gasteiger partial charge in [-0.2, -0.15) is 0 Å². The fraction of sp³-hybridized carbons (Fsp3) is 1.00. The summed E-state index contributed by atoms with van der Waals surface area (Å²) in [6.07, 6.45) is 3.50. The molecule has 0 aromatic rings. The molecule has 0 saturated heterocycles. The van der Waals surface area contributed by atoms with E-state index in [2.05, 4.69) is 12.2 Å². The van der Waals surface area contributed by atoms with Crippen molar-refractivity contribution < 1.29 is 5.11 Å². The number of hydrogen-bond donors (Lipinski definition) is 2. The van der Waals surface area contributed by atoms with E-state index in [1.165, 1.54) is 12.8 Å². The normalized spacial score (nSPS) is 23.2. The maximum absolute atomic E-state index is 8.98. The second-order valence-corrected chi connectivity index (χ2v) is 3.72. The van der Waals surface area contributed by atoms with Crippen LogP contribution >= 0.6 is 0 Å². The summed E-state index contributed by atoms with van der Waals surface area (Å²) in [7, 11) is 0. The molecule has 0 heterocycles. The van der Waals surface area contributed by atoms with Crippen molar-refractivity contribution in [2.24, 2.45) is 5.92 Å². The Bertz CT molecular complexity index is 110. The number of hydrogen-bond acceptors (Lipinski definition) is 2. The van der Waals surface area contributed by atoms with Crippen molar-refractivity contribution in [3.8, 4) is 0 Å². The molecular formula is C9H19NO. The minimum absolute atomic E-state index is 0.158. The van der Waals surface area contributed by atoms with E-state index >= 15 is 0 Å². The van der Waals surface area contributed by atoms with Crippen LogP contribution in [0.25, 0.3) is 0 Å². The van der Waals surface area contributed by atoms with Crippen LogP contribution in [0.15, 0.2) is 0 Å². The average Bonchev–Trinajstić information content (AvgIpc) is 2.66. The molecule has 11 heavy (non-hydrogen) atoms. The zero-order valence-electron chi connectivity index (χ0n) is 7.51. The molecule has 1 rings (SSSR count). The van der Waals surface area contributed by atoms with Gasteiger partial charge in [0, 0.05) is 6.04 Å². The molecule has 0 aromatic carbocycles. The van der Waals surface area contributed by atoms with Crippen LogP contribution in [0.1, 0.15) is 33.1 Å². The van der Waals surface area contributed by atoms with E-state index in [1.54, 1.807) is 0 Å². The Morgan fingerprint density at radius 3 is 2.55 bits per heavy atom. The van der Waals surface area contributed by atoms with E-state index in [4.69, 9.17) is 5.11 Å². The van der Waals surface area contributed by atoms with Gasteiger partial charge in [0.2, 0.25) is 0 Å². The Kier molecular flexibility index (Phi) is 3.34. The van der Waals surface area contributed by atoms with Crippen molar-refractivity contribution in [2.45, 2.75) is 45.3 Å². The van der Waals surface area contributed by atoms with E-state index in [0.717, 1.165) is 18.9 Å². The second-order valence-electron chi connectivity index (χ2n) is 3.72. The van der Waals surface area contributed by atoms with Gasteiger partial charge in [0.25, 0.3) is 0 Å². The highest BCUT2D eigenvalue weighted by molar-refractivity contribution is 4.83. The summed E-state index contributed by atoms with van der Waals surface area (Å²) in [6, 6.07) is 0.661. The number of aliphatic hydroxyl groups is 1. The van der Waals surface area contributed by atoms with Crippen LogP contribution < -0.4 is 5.32 Å². The summed E-state index contributed by atoms with van der Waals surface area (Å²) >= 11 is 0. The molecule has 2 heteroatoms. The lowest BCUT2D eigenvalue weighted by atomic mass is 10.2. The van der Waals surface area contributed by atoms with Crippen molar-refractivity contribution in [3.63, 3.8) is 0 Å². The average molecular weight is 157 g/mol. The summed E-state index contributed by atoms with van der Waals surface area (Å²) in [5, 5.41) is 12.4. The van der Waals surface area contributed by atoms with E-state index in [1.807, 2.05) is 6.92 Å². The first-order chi connectivity index (χ1) is 5.20. The maximum atomic E-state index is 8.98. The Labute approximate surface area is 69.0 Å². The zero-order chi connectivity index (χ0) is 8.27. The summed E-state index contributed by atoms with van der Waals surface area (Å²) in [5.74, 6) is 0.920. The topological polar surface area (TPSA) is 32.3 Å². The molecule has 2 atom stereocenters. The minimum atomic E-state index is -0.158. The molecule has 0 radical (unpaired) electrons.